The summed E-state index contributed by atoms with van der Waals surface area (Å²) < 4.78 is 5.82. The highest BCUT2D eigenvalue weighted by atomic mass is 35.5. The summed E-state index contributed by atoms with van der Waals surface area (Å²) in [6, 6.07) is 10.7. The summed E-state index contributed by atoms with van der Waals surface area (Å²) in [7, 11) is 1.36. The van der Waals surface area contributed by atoms with Crippen molar-refractivity contribution in [1.82, 2.24) is 9.80 Å². The topological polar surface area (TPSA) is 104 Å². The van der Waals surface area contributed by atoms with Crippen LogP contribution in [0.4, 0.5) is 0 Å². The summed E-state index contributed by atoms with van der Waals surface area (Å²) in [6.07, 6.45) is 2.15. The quantitative estimate of drug-likeness (QED) is 0.315. The van der Waals surface area contributed by atoms with Crippen LogP contribution in [0, 0.1) is 17.8 Å². The molecule has 4 aliphatic rings. The fourth-order valence-electron chi connectivity index (χ4n) is 6.88. The zero-order valence-electron chi connectivity index (χ0n) is 21.0. The number of fused-ring (bicyclic) bond motifs is 4. The summed E-state index contributed by atoms with van der Waals surface area (Å²) in [5.74, 6) is -4.20. The van der Waals surface area contributed by atoms with Gasteiger partial charge in [0.15, 0.2) is 9.75 Å². The van der Waals surface area contributed by atoms with Crippen molar-refractivity contribution in [2.45, 2.75) is 35.1 Å². The van der Waals surface area contributed by atoms with E-state index < -0.39 is 45.2 Å². The number of aliphatic hydroxyl groups excluding tert-OH is 1. The number of halogens is 2. The Hall–Kier alpha value is -2.72. The molecule has 6 unspecified atom stereocenters. The number of carbonyl (C=O) groups is 4. The molecule has 0 radical (unpaired) electrons. The van der Waals surface area contributed by atoms with Crippen molar-refractivity contribution < 1.29 is 29.0 Å². The second-order valence-corrected chi connectivity index (χ2v) is 12.7. The van der Waals surface area contributed by atoms with E-state index in [1.165, 1.54) is 23.3 Å². The SMILES string of the molecule is CN1C(=O)C2(Cl)CC3C(=CCC4C(=O)N(Cc5cccs5)C(=O)C43)C(c3ccccc3OCCO)C2(Cl)C1=O. The number of amides is 4. The number of hydrogen-bond acceptors (Lipinski definition) is 7. The minimum absolute atomic E-state index is 0.00958. The molecule has 11 heteroatoms. The van der Waals surface area contributed by atoms with E-state index in [4.69, 9.17) is 27.9 Å². The van der Waals surface area contributed by atoms with Crippen LogP contribution in [0.25, 0.3) is 0 Å². The monoisotopic (exact) mass is 588 g/mol. The highest BCUT2D eigenvalue weighted by Crippen LogP contribution is 2.66. The van der Waals surface area contributed by atoms with Gasteiger partial charge in [-0.25, -0.2) is 0 Å². The Balaban J connectivity index is 1.49. The van der Waals surface area contributed by atoms with Crippen LogP contribution in [0.3, 0.4) is 0 Å². The first-order valence-corrected chi connectivity index (χ1v) is 14.4. The number of imide groups is 2. The molecule has 3 fully saturated rings. The van der Waals surface area contributed by atoms with Gasteiger partial charge in [0.1, 0.15) is 12.4 Å². The Labute approximate surface area is 239 Å². The molecule has 0 bridgehead atoms. The number of para-hydroxylation sites is 1. The molecule has 1 saturated carbocycles. The van der Waals surface area contributed by atoms with Crippen molar-refractivity contribution in [2.24, 2.45) is 17.8 Å². The van der Waals surface area contributed by atoms with Crippen LogP contribution >= 0.6 is 34.5 Å². The minimum Gasteiger partial charge on any atom is -0.491 e. The third-order valence-electron chi connectivity index (χ3n) is 8.58. The lowest BCUT2D eigenvalue weighted by atomic mass is 9.56. The van der Waals surface area contributed by atoms with E-state index in [1.807, 2.05) is 23.6 Å². The van der Waals surface area contributed by atoms with Crippen molar-refractivity contribution in [2.75, 3.05) is 20.3 Å². The van der Waals surface area contributed by atoms with Crippen LogP contribution in [0.15, 0.2) is 53.4 Å². The fourth-order valence-corrected chi connectivity index (χ4v) is 8.58. The number of thiophene rings is 1. The second-order valence-electron chi connectivity index (χ2n) is 10.4. The van der Waals surface area contributed by atoms with Crippen molar-refractivity contribution in [3.63, 3.8) is 0 Å². The molecule has 2 aliphatic carbocycles. The van der Waals surface area contributed by atoms with E-state index in [9.17, 15) is 24.3 Å². The van der Waals surface area contributed by atoms with Crippen molar-refractivity contribution in [3.05, 3.63) is 63.9 Å². The lowest BCUT2D eigenvalue weighted by molar-refractivity contribution is -0.141. The molecule has 1 aromatic heterocycles. The van der Waals surface area contributed by atoms with E-state index in [0.29, 0.717) is 23.3 Å². The van der Waals surface area contributed by atoms with E-state index in [0.717, 1.165) is 9.78 Å². The van der Waals surface area contributed by atoms with Gasteiger partial charge < -0.3 is 9.84 Å². The lowest BCUT2D eigenvalue weighted by Gasteiger charge is -2.51. The van der Waals surface area contributed by atoms with E-state index in [2.05, 4.69) is 0 Å². The number of benzene rings is 1. The average Bonchev–Trinajstić information content (AvgIpc) is 3.57. The molecule has 2 saturated heterocycles. The van der Waals surface area contributed by atoms with Gasteiger partial charge in [-0.2, -0.15) is 0 Å². The van der Waals surface area contributed by atoms with Gasteiger partial charge in [0.05, 0.1) is 25.0 Å². The van der Waals surface area contributed by atoms with E-state index in [-0.39, 0.29) is 38.0 Å². The maximum atomic E-state index is 13.9. The molecule has 0 spiro atoms. The zero-order valence-corrected chi connectivity index (χ0v) is 23.3. The lowest BCUT2D eigenvalue weighted by Crippen LogP contribution is -2.60. The summed E-state index contributed by atoms with van der Waals surface area (Å²) in [5.41, 5.74) is 1.24. The molecule has 6 atom stereocenters. The van der Waals surface area contributed by atoms with Crippen LogP contribution < -0.4 is 4.74 Å². The largest absolute Gasteiger partial charge is 0.491 e. The van der Waals surface area contributed by atoms with Crippen LogP contribution in [-0.2, 0) is 25.7 Å². The molecule has 2 aliphatic heterocycles. The summed E-state index contributed by atoms with van der Waals surface area (Å²) in [4.78, 5) is 54.0. The Morgan fingerprint density at radius 2 is 1.82 bits per heavy atom. The van der Waals surface area contributed by atoms with Gasteiger partial charge in [0, 0.05) is 23.4 Å². The highest BCUT2D eigenvalue weighted by Gasteiger charge is 2.76. The van der Waals surface area contributed by atoms with Gasteiger partial charge in [-0.1, -0.05) is 35.9 Å². The van der Waals surface area contributed by atoms with Gasteiger partial charge in [0.2, 0.25) is 11.8 Å². The van der Waals surface area contributed by atoms with Crippen molar-refractivity contribution >= 4 is 58.2 Å². The predicted molar refractivity (Wildman–Crippen MR) is 144 cm³/mol. The molecule has 39 heavy (non-hydrogen) atoms. The number of alkyl halides is 2. The molecular weight excluding hydrogens is 563 g/mol. The van der Waals surface area contributed by atoms with Gasteiger partial charge in [-0.3, -0.25) is 29.0 Å². The Bertz CT molecular complexity index is 1410. The third kappa shape index (κ3) is 3.59. The van der Waals surface area contributed by atoms with Crippen molar-refractivity contribution in [3.8, 4) is 5.75 Å². The summed E-state index contributed by atoms with van der Waals surface area (Å²) >= 11 is 15.9. The second kappa shape index (κ2) is 9.44. The Kier molecular flexibility index (Phi) is 6.41. The number of nitrogens with zero attached hydrogens (tertiary/aromatic N) is 2. The first kappa shape index (κ1) is 26.5. The molecule has 1 aromatic carbocycles. The molecule has 2 aromatic rings. The number of aliphatic hydroxyl groups is 1. The molecule has 8 nitrogen and oxygen atoms in total. The fraction of sp³-hybridized carbons (Fsp3) is 0.429. The number of likely N-dealkylation sites (tertiary alicyclic amines) is 2. The average molecular weight is 589 g/mol. The molecule has 4 amide bonds. The maximum Gasteiger partial charge on any atom is 0.253 e. The van der Waals surface area contributed by atoms with E-state index in [1.54, 1.807) is 24.3 Å². The molecule has 6 rings (SSSR count). The van der Waals surface area contributed by atoms with Gasteiger partial charge in [0.25, 0.3) is 11.8 Å². The maximum absolute atomic E-state index is 13.9. The third-order valence-corrected chi connectivity index (χ3v) is 10.9. The van der Waals surface area contributed by atoms with Gasteiger partial charge in [-0.15, -0.1) is 34.5 Å². The van der Waals surface area contributed by atoms with Gasteiger partial charge in [-0.05, 0) is 36.3 Å². The molecular formula is C28H26Cl2N2O6S. The minimum atomic E-state index is -1.88. The normalized spacial score (nSPS) is 33.7. The Morgan fingerprint density at radius 1 is 1.05 bits per heavy atom. The highest BCUT2D eigenvalue weighted by molar-refractivity contribution is 7.09. The van der Waals surface area contributed by atoms with Crippen molar-refractivity contribution in [1.29, 1.82) is 0 Å². The molecule has 204 valence electrons. The summed E-state index contributed by atoms with van der Waals surface area (Å²) in [6.45, 7) is -0.0245. The predicted octanol–water partition coefficient (Wildman–Crippen LogP) is 3.31. The molecule has 3 heterocycles. The number of hydrogen-bond donors (Lipinski definition) is 1. The number of carbonyl (C=O) groups excluding carboxylic acids is 4. The van der Waals surface area contributed by atoms with Crippen LogP contribution in [0.1, 0.15) is 29.2 Å². The van der Waals surface area contributed by atoms with Crippen LogP contribution in [-0.4, -0.2) is 68.5 Å². The molecule has 1 N–H and O–H groups in total. The Morgan fingerprint density at radius 3 is 2.54 bits per heavy atom. The van der Waals surface area contributed by atoms with Gasteiger partial charge >= 0.3 is 0 Å². The standard InChI is InChI=1S/C28H26Cl2N2O6S/c1-31-25(36)27(29)13-19-16(8-9-18-21(19)24(35)32(23(18)34)14-15-5-4-12-39-15)22(28(27,30)26(31)37)17-6-2-3-7-20(17)38-11-10-33/h2-8,12,18-19,21-22,33H,9-11,13-14H2,1H3. The number of rotatable bonds is 6. The first-order chi connectivity index (χ1) is 18.6. The van der Waals surface area contributed by atoms with E-state index >= 15 is 0 Å². The van der Waals surface area contributed by atoms with Crippen LogP contribution in [0.5, 0.6) is 5.75 Å². The summed E-state index contributed by atoms with van der Waals surface area (Å²) in [5, 5.41) is 11.3. The first-order valence-electron chi connectivity index (χ1n) is 12.8. The number of allylic oxidation sites excluding steroid dienone is 2. The zero-order chi connectivity index (χ0) is 27.7. The van der Waals surface area contributed by atoms with Crippen LogP contribution in [0.2, 0.25) is 0 Å². The smallest absolute Gasteiger partial charge is 0.253 e. The number of ether oxygens (including phenoxy) is 1.